The van der Waals surface area contributed by atoms with Crippen molar-refractivity contribution >= 4 is 14.0 Å². The largest absolute Gasteiger partial charge is 0.478 e. The highest BCUT2D eigenvalue weighted by Gasteiger charge is 2.23. The van der Waals surface area contributed by atoms with Crippen LogP contribution in [0, 0.1) is 0 Å². The van der Waals surface area contributed by atoms with E-state index in [0.717, 1.165) is 12.8 Å². The second kappa shape index (κ2) is 6.01. The quantitative estimate of drug-likeness (QED) is 0.543. The molecule has 0 heterocycles. The molecule has 0 aromatic heterocycles. The molecule has 0 aliphatic heterocycles. The Balaban J connectivity index is 4.64. The molecule has 0 amide bonds. The summed E-state index contributed by atoms with van der Waals surface area (Å²) in [5, 5.41) is 8.84. The summed E-state index contributed by atoms with van der Waals surface area (Å²) in [6.45, 7) is 8.33. The van der Waals surface area contributed by atoms with Crippen molar-refractivity contribution in [3.8, 4) is 0 Å². The molecule has 2 nitrogen and oxygen atoms in total. The van der Waals surface area contributed by atoms with Gasteiger partial charge in [0.15, 0.2) is 0 Å². The molecule has 0 saturated heterocycles. The van der Waals surface area contributed by atoms with Gasteiger partial charge in [-0.1, -0.05) is 51.0 Å². The van der Waals surface area contributed by atoms with Crippen LogP contribution in [-0.2, 0) is 4.79 Å². The Morgan fingerprint density at radius 2 is 1.71 bits per heavy atom. The molecule has 0 rings (SSSR count). The number of carboxylic acid groups (broad SMARTS) is 1. The zero-order chi connectivity index (χ0) is 11.2. The minimum atomic E-state index is -1.42. The smallest absolute Gasteiger partial charge is 0.330 e. The predicted octanol–water partition coefficient (Wildman–Crippen LogP) is 3.46. The van der Waals surface area contributed by atoms with Crippen molar-refractivity contribution in [2.45, 2.75) is 52.2 Å². The highest BCUT2D eigenvalue weighted by molar-refractivity contribution is 6.83. The van der Waals surface area contributed by atoms with Crippen molar-refractivity contribution in [2.75, 3.05) is 0 Å². The maximum atomic E-state index is 10.7. The van der Waals surface area contributed by atoms with E-state index in [9.17, 15) is 4.79 Å². The summed E-state index contributed by atoms with van der Waals surface area (Å²) in [4.78, 5) is 10.7. The Labute approximate surface area is 88.0 Å². The van der Waals surface area contributed by atoms with Gasteiger partial charge in [0.25, 0.3) is 0 Å². The first kappa shape index (κ1) is 13.4. The van der Waals surface area contributed by atoms with Gasteiger partial charge in [0.2, 0.25) is 0 Å². The number of aliphatic carboxylic acids is 1. The molecule has 0 aromatic carbocycles. The normalized spacial score (nSPS) is 13.0. The van der Waals surface area contributed by atoms with Crippen LogP contribution < -0.4 is 0 Å². The molecule has 0 aromatic rings. The van der Waals surface area contributed by atoms with Crippen molar-refractivity contribution in [3.63, 3.8) is 0 Å². The van der Waals surface area contributed by atoms with Crippen LogP contribution in [0.2, 0.25) is 18.6 Å². The molecule has 0 spiro atoms. The molecule has 82 valence electrons. The van der Waals surface area contributed by atoms with Crippen LogP contribution in [0.3, 0.4) is 0 Å². The molecular weight excluding hydrogens is 192 g/mol. The molecule has 0 atom stereocenters. The highest BCUT2D eigenvalue weighted by atomic mass is 28.3. The van der Waals surface area contributed by atoms with Crippen molar-refractivity contribution < 1.29 is 9.90 Å². The van der Waals surface area contributed by atoms with E-state index in [-0.39, 0.29) is 0 Å². The van der Waals surface area contributed by atoms with Crippen LogP contribution in [0.25, 0.3) is 0 Å². The zero-order valence-corrected chi connectivity index (χ0v) is 10.8. The summed E-state index contributed by atoms with van der Waals surface area (Å²) in [5.74, 6) is -0.768. The van der Waals surface area contributed by atoms with Gasteiger partial charge in [0.05, 0.1) is 8.07 Å². The van der Waals surface area contributed by atoms with E-state index in [2.05, 4.69) is 26.1 Å². The third-order valence-corrected chi connectivity index (χ3v) is 6.96. The number of rotatable bonds is 6. The lowest BCUT2D eigenvalue weighted by Crippen LogP contribution is -2.28. The number of carbonyl (C=O) groups is 1. The SMILES string of the molecule is CCC[Si](C)(C=C(C)C(=O)O)CCC. The summed E-state index contributed by atoms with van der Waals surface area (Å²) in [6.07, 6.45) is 2.32. The minimum Gasteiger partial charge on any atom is -0.478 e. The van der Waals surface area contributed by atoms with Crippen LogP contribution >= 0.6 is 0 Å². The Kier molecular flexibility index (Phi) is 5.77. The number of hydrogen-bond donors (Lipinski definition) is 1. The molecule has 0 aliphatic carbocycles. The van der Waals surface area contributed by atoms with Crippen LogP contribution in [0.4, 0.5) is 0 Å². The lowest BCUT2D eigenvalue weighted by atomic mass is 10.4. The second-order valence-electron chi connectivity index (χ2n) is 4.29. The molecule has 0 unspecified atom stereocenters. The minimum absolute atomic E-state index is 0.529. The average Bonchev–Trinajstić information content (AvgIpc) is 2.04. The van der Waals surface area contributed by atoms with Gasteiger partial charge in [-0.2, -0.15) is 0 Å². The van der Waals surface area contributed by atoms with E-state index < -0.39 is 14.0 Å². The van der Waals surface area contributed by atoms with Gasteiger partial charge >= 0.3 is 5.97 Å². The van der Waals surface area contributed by atoms with Gasteiger partial charge in [-0.05, 0) is 6.92 Å². The van der Waals surface area contributed by atoms with Crippen LogP contribution in [0.15, 0.2) is 11.3 Å². The molecule has 3 heteroatoms. The molecule has 1 N–H and O–H groups in total. The summed E-state index contributed by atoms with van der Waals surface area (Å²) >= 11 is 0. The molecule has 0 aliphatic rings. The van der Waals surface area contributed by atoms with Gasteiger partial charge < -0.3 is 5.11 Å². The third-order valence-electron chi connectivity index (χ3n) is 2.54. The lowest BCUT2D eigenvalue weighted by molar-refractivity contribution is -0.132. The van der Waals surface area contributed by atoms with Gasteiger partial charge in [0, 0.05) is 5.57 Å². The maximum Gasteiger partial charge on any atom is 0.330 e. The standard InChI is InChI=1S/C11H22O2Si/c1-5-7-14(4,8-6-2)9-10(3)11(12)13/h9H,5-8H2,1-4H3,(H,12,13). The molecule has 0 fully saturated rings. The molecule has 0 saturated carbocycles. The first-order valence-electron chi connectivity index (χ1n) is 5.38. The summed E-state index contributed by atoms with van der Waals surface area (Å²) in [7, 11) is -1.42. The lowest BCUT2D eigenvalue weighted by Gasteiger charge is -2.22. The van der Waals surface area contributed by atoms with Crippen molar-refractivity contribution in [1.29, 1.82) is 0 Å². The van der Waals surface area contributed by atoms with Crippen molar-refractivity contribution in [1.82, 2.24) is 0 Å². The molecule has 14 heavy (non-hydrogen) atoms. The fraction of sp³-hybridized carbons (Fsp3) is 0.727. The summed E-state index contributed by atoms with van der Waals surface area (Å²) in [5.41, 5.74) is 2.59. The topological polar surface area (TPSA) is 37.3 Å². The van der Waals surface area contributed by atoms with E-state index in [1.54, 1.807) is 6.92 Å². The molecular formula is C11H22O2Si. The van der Waals surface area contributed by atoms with Gasteiger partial charge in [-0.15, -0.1) is 0 Å². The van der Waals surface area contributed by atoms with E-state index >= 15 is 0 Å². The fourth-order valence-corrected chi connectivity index (χ4v) is 5.99. The van der Waals surface area contributed by atoms with E-state index in [1.807, 2.05) is 0 Å². The van der Waals surface area contributed by atoms with E-state index in [0.29, 0.717) is 5.57 Å². The summed E-state index contributed by atoms with van der Waals surface area (Å²) < 4.78 is 0. The third kappa shape index (κ3) is 4.60. The first-order valence-corrected chi connectivity index (χ1v) is 8.37. The number of hydrogen-bond acceptors (Lipinski definition) is 1. The number of carboxylic acids is 1. The molecule has 0 radical (unpaired) electrons. The van der Waals surface area contributed by atoms with Crippen LogP contribution in [0.5, 0.6) is 0 Å². The van der Waals surface area contributed by atoms with Gasteiger partial charge in [-0.25, -0.2) is 4.79 Å². The van der Waals surface area contributed by atoms with E-state index in [1.165, 1.54) is 12.1 Å². The Bertz CT molecular complexity index is 215. The summed E-state index contributed by atoms with van der Waals surface area (Å²) in [6, 6.07) is 2.40. The molecule has 0 bridgehead atoms. The first-order chi connectivity index (χ1) is 6.45. The Hall–Kier alpha value is -0.573. The van der Waals surface area contributed by atoms with Crippen LogP contribution in [0.1, 0.15) is 33.6 Å². The Morgan fingerprint density at radius 3 is 2.00 bits per heavy atom. The fourth-order valence-electron chi connectivity index (χ4n) is 2.00. The van der Waals surface area contributed by atoms with E-state index in [4.69, 9.17) is 5.11 Å². The Morgan fingerprint density at radius 1 is 1.29 bits per heavy atom. The van der Waals surface area contributed by atoms with Crippen LogP contribution in [-0.4, -0.2) is 19.1 Å². The second-order valence-corrected chi connectivity index (χ2v) is 8.88. The predicted molar refractivity (Wildman–Crippen MR) is 63.2 cm³/mol. The van der Waals surface area contributed by atoms with Crippen molar-refractivity contribution in [2.24, 2.45) is 0 Å². The van der Waals surface area contributed by atoms with Gasteiger partial charge in [0.1, 0.15) is 0 Å². The average molecular weight is 214 g/mol. The van der Waals surface area contributed by atoms with Gasteiger partial charge in [-0.3, -0.25) is 0 Å². The highest BCUT2D eigenvalue weighted by Crippen LogP contribution is 2.22. The maximum absolute atomic E-state index is 10.7. The monoisotopic (exact) mass is 214 g/mol. The van der Waals surface area contributed by atoms with Crippen molar-refractivity contribution in [3.05, 3.63) is 11.3 Å². The zero-order valence-electron chi connectivity index (χ0n) is 9.76.